The summed E-state index contributed by atoms with van der Waals surface area (Å²) in [6.45, 7) is 3.99. The summed E-state index contributed by atoms with van der Waals surface area (Å²) in [5.41, 5.74) is 5.15. The highest BCUT2D eigenvalue weighted by atomic mass is 32.2. The van der Waals surface area contributed by atoms with Crippen molar-refractivity contribution in [2.45, 2.75) is 19.0 Å². The van der Waals surface area contributed by atoms with E-state index >= 15 is 0 Å². The van der Waals surface area contributed by atoms with E-state index in [0.29, 0.717) is 21.8 Å². The number of thioether (sulfide) groups is 1. The number of hydrogen-bond donors (Lipinski definition) is 1. The molecular formula is C27H26N6O2S. The van der Waals surface area contributed by atoms with E-state index in [1.165, 1.54) is 11.8 Å². The number of rotatable bonds is 6. The van der Waals surface area contributed by atoms with Gasteiger partial charge in [-0.3, -0.25) is 14.0 Å². The fraction of sp³-hybridized carbons (Fsp3) is 0.185. The first-order chi connectivity index (χ1) is 17.3. The van der Waals surface area contributed by atoms with E-state index in [2.05, 4.69) is 15.5 Å². The molecule has 2 heterocycles. The number of hydrogen-bond acceptors (Lipinski definition) is 6. The Morgan fingerprint density at radius 3 is 2.47 bits per heavy atom. The molecule has 0 radical (unpaired) electrons. The standard InChI is InChI=1S/C27H26N6O2S/c1-17-9-14-22(18(2)15-17)32-25(35)21-7-5-6-8-23(21)33-26(32)29-30-27(33)36-16-24(34)28-19-10-12-20(13-11-19)31(3)4/h5-15H,16H2,1-4H3,(H,28,34). The fourth-order valence-electron chi connectivity index (χ4n) is 4.22. The van der Waals surface area contributed by atoms with Gasteiger partial charge in [0.25, 0.3) is 5.56 Å². The highest BCUT2D eigenvalue weighted by Crippen LogP contribution is 2.25. The van der Waals surface area contributed by atoms with Gasteiger partial charge in [-0.05, 0) is 61.9 Å². The molecule has 0 fully saturated rings. The number of fused-ring (bicyclic) bond motifs is 3. The molecule has 0 spiro atoms. The van der Waals surface area contributed by atoms with Crippen molar-refractivity contribution in [3.05, 3.63) is 88.2 Å². The van der Waals surface area contributed by atoms with Crippen LogP contribution in [0.3, 0.4) is 0 Å². The summed E-state index contributed by atoms with van der Waals surface area (Å²) in [6.07, 6.45) is 0. The van der Waals surface area contributed by atoms with E-state index in [1.54, 1.807) is 10.6 Å². The van der Waals surface area contributed by atoms with Gasteiger partial charge < -0.3 is 10.2 Å². The van der Waals surface area contributed by atoms with Crippen molar-refractivity contribution >= 4 is 45.7 Å². The molecule has 3 aromatic carbocycles. The van der Waals surface area contributed by atoms with Gasteiger partial charge in [0, 0.05) is 25.5 Å². The van der Waals surface area contributed by atoms with E-state index in [4.69, 9.17) is 0 Å². The molecule has 2 aromatic heterocycles. The van der Waals surface area contributed by atoms with Crippen molar-refractivity contribution in [1.82, 2.24) is 19.2 Å². The average Bonchev–Trinajstić information content (AvgIpc) is 3.28. The molecule has 0 unspecified atom stereocenters. The Morgan fingerprint density at radius 1 is 1.00 bits per heavy atom. The van der Waals surface area contributed by atoms with E-state index in [9.17, 15) is 9.59 Å². The second-order valence-electron chi connectivity index (χ2n) is 8.84. The quantitative estimate of drug-likeness (QED) is 0.348. The maximum Gasteiger partial charge on any atom is 0.267 e. The van der Waals surface area contributed by atoms with Crippen LogP contribution in [0.2, 0.25) is 0 Å². The molecule has 9 heteroatoms. The summed E-state index contributed by atoms with van der Waals surface area (Å²) >= 11 is 1.28. The van der Waals surface area contributed by atoms with Gasteiger partial charge in [-0.1, -0.05) is 41.6 Å². The van der Waals surface area contributed by atoms with Crippen molar-refractivity contribution in [2.75, 3.05) is 30.1 Å². The molecule has 0 saturated carbocycles. The normalized spacial score (nSPS) is 11.2. The van der Waals surface area contributed by atoms with E-state index < -0.39 is 0 Å². The van der Waals surface area contributed by atoms with Gasteiger partial charge in [-0.25, -0.2) is 4.57 Å². The molecular weight excluding hydrogens is 472 g/mol. The van der Waals surface area contributed by atoms with Crippen LogP contribution in [-0.4, -0.2) is 44.9 Å². The Labute approximate surface area is 212 Å². The SMILES string of the molecule is Cc1ccc(-n2c(=O)c3ccccc3n3c(SCC(=O)Nc4ccc(N(C)C)cc4)nnc23)c(C)c1. The minimum Gasteiger partial charge on any atom is -0.378 e. The smallest absolute Gasteiger partial charge is 0.267 e. The number of benzene rings is 3. The molecule has 0 bridgehead atoms. The number of aromatic nitrogens is 4. The first kappa shape index (κ1) is 23.6. The van der Waals surface area contributed by atoms with Crippen LogP contribution < -0.4 is 15.8 Å². The molecule has 5 rings (SSSR count). The average molecular weight is 499 g/mol. The van der Waals surface area contributed by atoms with Crippen LogP contribution in [-0.2, 0) is 4.79 Å². The lowest BCUT2D eigenvalue weighted by Crippen LogP contribution is -2.22. The Kier molecular flexibility index (Phi) is 6.24. The third kappa shape index (κ3) is 4.33. The molecule has 0 aliphatic carbocycles. The molecule has 182 valence electrons. The van der Waals surface area contributed by atoms with Gasteiger partial charge in [-0.2, -0.15) is 0 Å². The maximum absolute atomic E-state index is 13.5. The van der Waals surface area contributed by atoms with Gasteiger partial charge in [0.15, 0.2) is 5.16 Å². The van der Waals surface area contributed by atoms with Crippen molar-refractivity contribution < 1.29 is 4.79 Å². The lowest BCUT2D eigenvalue weighted by Gasteiger charge is -2.14. The molecule has 1 amide bonds. The predicted octanol–water partition coefficient (Wildman–Crippen LogP) is 4.45. The molecule has 0 aliphatic heterocycles. The van der Waals surface area contributed by atoms with Crippen molar-refractivity contribution in [1.29, 1.82) is 0 Å². The number of carbonyl (C=O) groups excluding carboxylic acids is 1. The van der Waals surface area contributed by atoms with Crippen LogP contribution in [0.25, 0.3) is 22.4 Å². The lowest BCUT2D eigenvalue weighted by molar-refractivity contribution is -0.113. The summed E-state index contributed by atoms with van der Waals surface area (Å²) in [5, 5.41) is 12.8. The van der Waals surface area contributed by atoms with Gasteiger partial charge in [0.1, 0.15) is 0 Å². The van der Waals surface area contributed by atoms with Crippen molar-refractivity contribution in [3.63, 3.8) is 0 Å². The van der Waals surface area contributed by atoms with Crippen molar-refractivity contribution in [3.8, 4) is 5.69 Å². The molecule has 5 aromatic rings. The van der Waals surface area contributed by atoms with Gasteiger partial charge in [0.2, 0.25) is 11.7 Å². The van der Waals surface area contributed by atoms with Crippen LogP contribution in [0.1, 0.15) is 11.1 Å². The second-order valence-corrected chi connectivity index (χ2v) is 9.79. The summed E-state index contributed by atoms with van der Waals surface area (Å²) in [6, 6.07) is 21.0. The van der Waals surface area contributed by atoms with E-state index in [0.717, 1.165) is 28.2 Å². The molecule has 1 N–H and O–H groups in total. The van der Waals surface area contributed by atoms with Crippen LogP contribution in [0.4, 0.5) is 11.4 Å². The monoisotopic (exact) mass is 498 g/mol. The summed E-state index contributed by atoms with van der Waals surface area (Å²) in [4.78, 5) is 28.2. The Hall–Kier alpha value is -4.11. The van der Waals surface area contributed by atoms with Crippen LogP contribution in [0.15, 0.2) is 76.7 Å². The summed E-state index contributed by atoms with van der Waals surface area (Å²) in [5.74, 6) is 0.405. The number of amides is 1. The number of nitrogens with one attached hydrogen (secondary N) is 1. The van der Waals surface area contributed by atoms with E-state index in [-0.39, 0.29) is 17.2 Å². The largest absolute Gasteiger partial charge is 0.378 e. The molecule has 0 atom stereocenters. The minimum absolute atomic E-state index is 0.146. The van der Waals surface area contributed by atoms with Gasteiger partial charge in [0.05, 0.1) is 22.3 Å². The zero-order valence-electron chi connectivity index (χ0n) is 20.5. The van der Waals surface area contributed by atoms with E-state index in [1.807, 2.05) is 97.9 Å². The highest BCUT2D eigenvalue weighted by Gasteiger charge is 2.19. The fourth-order valence-corrected chi connectivity index (χ4v) is 4.96. The predicted molar refractivity (Wildman–Crippen MR) is 146 cm³/mol. The Balaban J connectivity index is 1.50. The highest BCUT2D eigenvalue weighted by molar-refractivity contribution is 7.99. The minimum atomic E-state index is -0.159. The first-order valence-corrected chi connectivity index (χ1v) is 12.5. The zero-order valence-corrected chi connectivity index (χ0v) is 21.3. The third-order valence-electron chi connectivity index (χ3n) is 5.99. The summed E-state index contributed by atoms with van der Waals surface area (Å²) < 4.78 is 3.44. The first-order valence-electron chi connectivity index (χ1n) is 11.5. The zero-order chi connectivity index (χ0) is 25.4. The van der Waals surface area contributed by atoms with Crippen LogP contribution >= 0.6 is 11.8 Å². The van der Waals surface area contributed by atoms with Gasteiger partial charge in [-0.15, -0.1) is 10.2 Å². The number of nitrogens with zero attached hydrogens (tertiary/aromatic N) is 5. The third-order valence-corrected chi connectivity index (χ3v) is 6.92. The van der Waals surface area contributed by atoms with Gasteiger partial charge >= 0.3 is 0 Å². The van der Waals surface area contributed by atoms with Crippen molar-refractivity contribution in [2.24, 2.45) is 0 Å². The molecule has 8 nitrogen and oxygen atoms in total. The topological polar surface area (TPSA) is 84.5 Å². The van der Waals surface area contributed by atoms with Crippen LogP contribution in [0.5, 0.6) is 0 Å². The number of anilines is 2. The Bertz CT molecular complexity index is 1650. The second kappa shape index (κ2) is 9.50. The number of aryl methyl sites for hydroxylation is 2. The lowest BCUT2D eigenvalue weighted by atomic mass is 10.1. The van der Waals surface area contributed by atoms with Crippen LogP contribution in [0, 0.1) is 13.8 Å². The maximum atomic E-state index is 13.5. The number of para-hydroxylation sites is 1. The number of carbonyl (C=O) groups is 1. The molecule has 0 aliphatic rings. The summed E-state index contributed by atoms with van der Waals surface area (Å²) in [7, 11) is 3.94. The molecule has 0 saturated heterocycles. The molecule has 36 heavy (non-hydrogen) atoms. The Morgan fingerprint density at radius 2 is 1.75 bits per heavy atom.